The summed E-state index contributed by atoms with van der Waals surface area (Å²) in [6.45, 7) is 2.27. The molecule has 0 bridgehead atoms. The van der Waals surface area contributed by atoms with Crippen molar-refractivity contribution in [2.24, 2.45) is 0 Å². The molecule has 0 radical (unpaired) electrons. The van der Waals surface area contributed by atoms with Gasteiger partial charge in [0.2, 0.25) is 0 Å². The van der Waals surface area contributed by atoms with Crippen LogP contribution < -0.4 is 5.32 Å². The first kappa shape index (κ1) is 13.3. The fourth-order valence-corrected chi connectivity index (χ4v) is 3.19. The third kappa shape index (κ3) is 3.66. The van der Waals surface area contributed by atoms with Crippen molar-refractivity contribution in [1.29, 1.82) is 0 Å². The van der Waals surface area contributed by atoms with Gasteiger partial charge in [0.25, 0.3) is 0 Å². The van der Waals surface area contributed by atoms with Crippen LogP contribution >= 0.6 is 23.2 Å². The number of benzene rings is 1. The van der Waals surface area contributed by atoms with Crippen molar-refractivity contribution in [2.75, 3.05) is 25.4 Å². The number of morpholine rings is 1. The minimum absolute atomic E-state index is 0.000892. The van der Waals surface area contributed by atoms with Crippen LogP contribution in [0.2, 0.25) is 10.0 Å². The molecule has 1 N–H and O–H groups in total. The highest BCUT2D eigenvalue weighted by Crippen LogP contribution is 2.24. The Hall–Kier alpha value is -0.130. The fourth-order valence-electron chi connectivity index (χ4n) is 1.61. The van der Waals surface area contributed by atoms with E-state index < -0.39 is 10.8 Å². The third-order valence-corrected chi connectivity index (χ3v) is 4.69. The lowest BCUT2D eigenvalue weighted by Gasteiger charge is -2.23. The van der Waals surface area contributed by atoms with Crippen LogP contribution in [-0.2, 0) is 15.5 Å². The van der Waals surface area contributed by atoms with Gasteiger partial charge in [0.05, 0.1) is 39.3 Å². The van der Waals surface area contributed by atoms with E-state index in [2.05, 4.69) is 5.32 Å². The van der Waals surface area contributed by atoms with E-state index in [1.807, 2.05) is 0 Å². The van der Waals surface area contributed by atoms with E-state index in [4.69, 9.17) is 27.9 Å². The van der Waals surface area contributed by atoms with Crippen molar-refractivity contribution in [3.63, 3.8) is 0 Å². The van der Waals surface area contributed by atoms with Crippen LogP contribution in [0, 0.1) is 0 Å². The van der Waals surface area contributed by atoms with E-state index in [0.29, 0.717) is 27.3 Å². The van der Waals surface area contributed by atoms with Crippen molar-refractivity contribution < 1.29 is 8.95 Å². The van der Waals surface area contributed by atoms with Crippen LogP contribution in [0.25, 0.3) is 0 Å². The lowest BCUT2D eigenvalue weighted by molar-refractivity contribution is 0.0435. The number of halogens is 2. The summed E-state index contributed by atoms with van der Waals surface area (Å²) >= 11 is 11.7. The van der Waals surface area contributed by atoms with Crippen LogP contribution in [0.4, 0.5) is 0 Å². The molecule has 94 valence electrons. The lowest BCUT2D eigenvalue weighted by atomic mass is 10.3. The van der Waals surface area contributed by atoms with Crippen LogP contribution in [0.15, 0.2) is 23.1 Å². The van der Waals surface area contributed by atoms with E-state index in [0.717, 1.165) is 13.1 Å². The SMILES string of the molecule is O=S(CC1CNCCO1)c1ccc(Cl)c(Cl)c1. The minimum Gasteiger partial charge on any atom is -0.375 e. The zero-order chi connectivity index (χ0) is 12.3. The molecule has 1 aliphatic heterocycles. The summed E-state index contributed by atoms with van der Waals surface area (Å²) in [5.74, 6) is 0.477. The molecule has 2 unspecified atom stereocenters. The molecular formula is C11H13Cl2NO2S. The molecular weight excluding hydrogens is 281 g/mol. The van der Waals surface area contributed by atoms with Crippen molar-refractivity contribution in [2.45, 2.75) is 11.0 Å². The van der Waals surface area contributed by atoms with Crippen LogP contribution in [0.3, 0.4) is 0 Å². The highest BCUT2D eigenvalue weighted by atomic mass is 35.5. The molecule has 1 fully saturated rings. The molecule has 1 aromatic rings. The largest absolute Gasteiger partial charge is 0.375 e. The number of hydrogen-bond acceptors (Lipinski definition) is 3. The molecule has 1 aliphatic rings. The molecule has 0 aromatic heterocycles. The van der Waals surface area contributed by atoms with Crippen LogP contribution in [-0.4, -0.2) is 35.8 Å². The topological polar surface area (TPSA) is 38.3 Å². The Morgan fingerprint density at radius 3 is 2.88 bits per heavy atom. The average molecular weight is 294 g/mol. The van der Waals surface area contributed by atoms with Gasteiger partial charge >= 0.3 is 0 Å². The molecule has 0 saturated carbocycles. The fraction of sp³-hybridized carbons (Fsp3) is 0.455. The quantitative estimate of drug-likeness (QED) is 0.927. The van der Waals surface area contributed by atoms with Gasteiger partial charge in [-0.05, 0) is 18.2 Å². The molecule has 6 heteroatoms. The molecule has 0 amide bonds. The van der Waals surface area contributed by atoms with Crippen LogP contribution in [0.1, 0.15) is 0 Å². The number of hydrogen-bond donors (Lipinski definition) is 1. The Balaban J connectivity index is 2.01. The van der Waals surface area contributed by atoms with Crippen molar-refractivity contribution >= 4 is 34.0 Å². The summed E-state index contributed by atoms with van der Waals surface area (Å²) in [6.07, 6.45) is -0.000892. The Kier molecular flexibility index (Phi) is 4.82. The van der Waals surface area contributed by atoms with Crippen molar-refractivity contribution in [3.8, 4) is 0 Å². The van der Waals surface area contributed by atoms with Gasteiger partial charge in [0, 0.05) is 18.0 Å². The maximum Gasteiger partial charge on any atom is 0.0818 e. The molecule has 1 saturated heterocycles. The van der Waals surface area contributed by atoms with Gasteiger partial charge in [0.1, 0.15) is 0 Å². The van der Waals surface area contributed by atoms with E-state index in [1.165, 1.54) is 0 Å². The number of nitrogens with one attached hydrogen (secondary N) is 1. The van der Waals surface area contributed by atoms with E-state index in [-0.39, 0.29) is 6.10 Å². The highest BCUT2D eigenvalue weighted by Gasteiger charge is 2.17. The molecule has 17 heavy (non-hydrogen) atoms. The molecule has 2 atom stereocenters. The van der Waals surface area contributed by atoms with E-state index in [9.17, 15) is 4.21 Å². The zero-order valence-electron chi connectivity index (χ0n) is 9.12. The number of rotatable bonds is 3. The van der Waals surface area contributed by atoms with Gasteiger partial charge in [-0.2, -0.15) is 0 Å². The summed E-state index contributed by atoms with van der Waals surface area (Å²) in [5, 5.41) is 4.11. The van der Waals surface area contributed by atoms with Crippen molar-refractivity contribution in [3.05, 3.63) is 28.2 Å². The predicted octanol–water partition coefficient (Wildman–Crippen LogP) is 2.09. The second kappa shape index (κ2) is 6.16. The minimum atomic E-state index is -1.11. The van der Waals surface area contributed by atoms with Gasteiger partial charge in [-0.1, -0.05) is 23.2 Å². The Morgan fingerprint density at radius 2 is 2.24 bits per heavy atom. The van der Waals surface area contributed by atoms with Gasteiger partial charge in [-0.3, -0.25) is 4.21 Å². The van der Waals surface area contributed by atoms with Gasteiger partial charge in [-0.25, -0.2) is 0 Å². The Morgan fingerprint density at radius 1 is 1.41 bits per heavy atom. The summed E-state index contributed by atoms with van der Waals surface area (Å²) in [6, 6.07) is 5.05. The molecule has 3 nitrogen and oxygen atoms in total. The first-order chi connectivity index (χ1) is 8.16. The average Bonchev–Trinajstić information content (AvgIpc) is 2.34. The predicted molar refractivity (Wildman–Crippen MR) is 70.3 cm³/mol. The normalized spacial score (nSPS) is 22.4. The molecule has 0 aliphatic carbocycles. The second-order valence-electron chi connectivity index (χ2n) is 3.79. The van der Waals surface area contributed by atoms with E-state index in [1.54, 1.807) is 18.2 Å². The second-order valence-corrected chi connectivity index (χ2v) is 6.10. The summed E-state index contributed by atoms with van der Waals surface area (Å²) in [7, 11) is -1.11. The maximum absolute atomic E-state index is 12.1. The highest BCUT2D eigenvalue weighted by molar-refractivity contribution is 7.85. The van der Waals surface area contributed by atoms with Gasteiger partial charge in [0.15, 0.2) is 0 Å². The standard InChI is InChI=1S/C11H13Cl2NO2S/c12-10-2-1-9(5-11(10)13)17(15)7-8-6-14-3-4-16-8/h1-2,5,8,14H,3-4,6-7H2. The van der Waals surface area contributed by atoms with Crippen LogP contribution in [0.5, 0.6) is 0 Å². The maximum atomic E-state index is 12.1. The summed E-state index contributed by atoms with van der Waals surface area (Å²) in [5.41, 5.74) is 0. The number of ether oxygens (including phenoxy) is 1. The first-order valence-electron chi connectivity index (χ1n) is 5.32. The molecule has 0 spiro atoms. The third-order valence-electron chi connectivity index (χ3n) is 2.50. The molecule has 2 rings (SSSR count). The van der Waals surface area contributed by atoms with Crippen molar-refractivity contribution in [1.82, 2.24) is 5.32 Å². The first-order valence-corrected chi connectivity index (χ1v) is 7.40. The zero-order valence-corrected chi connectivity index (χ0v) is 11.4. The Bertz CT molecular complexity index is 422. The summed E-state index contributed by atoms with van der Waals surface area (Å²) < 4.78 is 17.6. The molecule has 1 heterocycles. The lowest BCUT2D eigenvalue weighted by Crippen LogP contribution is -2.41. The van der Waals surface area contributed by atoms with Gasteiger partial charge < -0.3 is 10.1 Å². The molecule has 1 aromatic carbocycles. The smallest absolute Gasteiger partial charge is 0.0818 e. The van der Waals surface area contributed by atoms with Gasteiger partial charge in [-0.15, -0.1) is 0 Å². The summed E-state index contributed by atoms with van der Waals surface area (Å²) in [4.78, 5) is 0.688. The monoisotopic (exact) mass is 293 g/mol. The Labute approximate surface area is 113 Å². The van der Waals surface area contributed by atoms with E-state index >= 15 is 0 Å².